The van der Waals surface area contributed by atoms with Gasteiger partial charge >= 0.3 is 5.69 Å². The zero-order chi connectivity index (χ0) is 14.5. The molecule has 0 saturated carbocycles. The van der Waals surface area contributed by atoms with Crippen molar-refractivity contribution in [1.29, 1.82) is 0 Å². The minimum atomic E-state index is -0.268. The van der Waals surface area contributed by atoms with Gasteiger partial charge in [0.25, 0.3) is 5.91 Å². The van der Waals surface area contributed by atoms with Crippen LogP contribution >= 0.6 is 0 Å². The lowest BCUT2D eigenvalue weighted by Gasteiger charge is -2.08. The summed E-state index contributed by atoms with van der Waals surface area (Å²) in [5.41, 5.74) is 0.210. The largest absolute Gasteiger partial charge is 0.372 e. The van der Waals surface area contributed by atoms with Crippen LogP contribution in [-0.2, 0) is 13.5 Å². The Hall–Kier alpha value is -2.64. The van der Waals surface area contributed by atoms with Crippen molar-refractivity contribution in [3.8, 4) is 0 Å². The minimum absolute atomic E-state index is 0.219. The Kier molecular flexibility index (Phi) is 4.14. The fourth-order valence-corrected chi connectivity index (χ4v) is 1.77. The van der Waals surface area contributed by atoms with Gasteiger partial charge in [-0.2, -0.15) is 5.10 Å². The molecular weight excluding hydrogens is 260 g/mol. The van der Waals surface area contributed by atoms with Gasteiger partial charge in [0.15, 0.2) is 0 Å². The van der Waals surface area contributed by atoms with Crippen LogP contribution in [0.15, 0.2) is 23.1 Å². The second kappa shape index (κ2) is 6.00. The maximum atomic E-state index is 12.0. The Morgan fingerprint density at radius 3 is 2.95 bits per heavy atom. The third kappa shape index (κ3) is 2.85. The molecule has 0 atom stereocenters. The summed E-state index contributed by atoms with van der Waals surface area (Å²) in [6.45, 7) is 0.384. The number of nitrogens with zero attached hydrogens (tertiary/aromatic N) is 3. The van der Waals surface area contributed by atoms with Gasteiger partial charge in [-0.3, -0.25) is 9.36 Å². The molecule has 0 aliphatic heterocycles. The van der Waals surface area contributed by atoms with E-state index in [9.17, 15) is 9.59 Å². The zero-order valence-corrected chi connectivity index (χ0v) is 11.3. The van der Waals surface area contributed by atoms with E-state index in [0.717, 1.165) is 0 Å². The van der Waals surface area contributed by atoms with Crippen molar-refractivity contribution in [2.45, 2.75) is 6.42 Å². The lowest BCUT2D eigenvalue weighted by Crippen LogP contribution is -2.27. The van der Waals surface area contributed by atoms with Crippen LogP contribution in [0.2, 0.25) is 0 Å². The van der Waals surface area contributed by atoms with E-state index in [-0.39, 0.29) is 11.6 Å². The molecule has 0 aliphatic rings. The number of aromatic amines is 1. The van der Waals surface area contributed by atoms with Crippen molar-refractivity contribution >= 4 is 11.7 Å². The van der Waals surface area contributed by atoms with Crippen LogP contribution in [0.25, 0.3) is 0 Å². The molecule has 0 bridgehead atoms. The van der Waals surface area contributed by atoms with Crippen molar-refractivity contribution in [2.75, 3.05) is 18.9 Å². The van der Waals surface area contributed by atoms with Gasteiger partial charge in [-0.05, 0) is 12.1 Å². The van der Waals surface area contributed by atoms with Crippen LogP contribution in [0.4, 0.5) is 5.82 Å². The summed E-state index contributed by atoms with van der Waals surface area (Å²) in [5.74, 6) is 0.899. The molecule has 0 aliphatic carbocycles. The predicted octanol–water partition coefficient (Wildman–Crippen LogP) is -0.482. The highest BCUT2D eigenvalue weighted by atomic mass is 16.2. The first-order chi connectivity index (χ1) is 9.63. The van der Waals surface area contributed by atoms with Gasteiger partial charge in [0.2, 0.25) is 0 Å². The molecule has 0 fully saturated rings. The zero-order valence-electron chi connectivity index (χ0n) is 11.3. The molecular formula is C12H16N6O2. The first kappa shape index (κ1) is 13.8. The molecule has 2 heterocycles. The number of carbonyl (C=O) groups is 1. The van der Waals surface area contributed by atoms with Crippen molar-refractivity contribution in [3.63, 3.8) is 0 Å². The number of H-pyrrole nitrogens is 1. The van der Waals surface area contributed by atoms with E-state index in [1.807, 2.05) is 0 Å². The second-order valence-corrected chi connectivity index (χ2v) is 4.16. The van der Waals surface area contributed by atoms with E-state index < -0.39 is 0 Å². The maximum absolute atomic E-state index is 12.0. The summed E-state index contributed by atoms with van der Waals surface area (Å²) in [5, 5.41) is 11.9. The van der Waals surface area contributed by atoms with Crippen LogP contribution < -0.4 is 16.3 Å². The molecule has 0 radical (unpaired) electrons. The Balaban J connectivity index is 1.96. The van der Waals surface area contributed by atoms with Crippen LogP contribution in [0.1, 0.15) is 16.2 Å². The normalized spacial score (nSPS) is 10.3. The van der Waals surface area contributed by atoms with Gasteiger partial charge in [0.1, 0.15) is 11.6 Å². The van der Waals surface area contributed by atoms with E-state index in [2.05, 4.69) is 25.8 Å². The molecule has 0 saturated heterocycles. The molecule has 2 aromatic heterocycles. The topological polar surface area (TPSA) is 105 Å². The number of amides is 1. The fraction of sp³-hybridized carbons (Fsp3) is 0.333. The number of nitrogens with one attached hydrogen (secondary N) is 3. The third-order valence-corrected chi connectivity index (χ3v) is 2.90. The summed E-state index contributed by atoms with van der Waals surface area (Å²) < 4.78 is 1.41. The van der Waals surface area contributed by atoms with Crippen LogP contribution in [0.3, 0.4) is 0 Å². The highest BCUT2D eigenvalue weighted by Gasteiger charge is 2.11. The summed E-state index contributed by atoms with van der Waals surface area (Å²) in [6.07, 6.45) is 2.08. The number of carbonyl (C=O) groups excluding carboxylic acids is 1. The van der Waals surface area contributed by atoms with Gasteiger partial charge in [0, 0.05) is 33.3 Å². The first-order valence-corrected chi connectivity index (χ1v) is 6.14. The molecule has 2 aromatic rings. The van der Waals surface area contributed by atoms with Gasteiger partial charge in [-0.25, -0.2) is 14.9 Å². The Labute approximate surface area is 115 Å². The monoisotopic (exact) mass is 276 g/mol. The van der Waals surface area contributed by atoms with E-state index >= 15 is 0 Å². The molecule has 20 heavy (non-hydrogen) atoms. The minimum Gasteiger partial charge on any atom is -0.372 e. The Morgan fingerprint density at radius 1 is 1.50 bits per heavy atom. The van der Waals surface area contributed by atoms with Crippen molar-refractivity contribution in [1.82, 2.24) is 25.1 Å². The van der Waals surface area contributed by atoms with E-state index in [1.165, 1.54) is 4.57 Å². The van der Waals surface area contributed by atoms with Gasteiger partial charge < -0.3 is 10.6 Å². The maximum Gasteiger partial charge on any atom is 0.343 e. The first-order valence-electron chi connectivity index (χ1n) is 6.14. The van der Waals surface area contributed by atoms with Crippen molar-refractivity contribution in [2.24, 2.45) is 7.05 Å². The molecule has 2 rings (SSSR count). The standard InChI is InChI=1S/C12H16N6O2/c1-13-10-8(4-3-6-14-10)11(19)15-7-5-9-16-17-12(20)18(9)2/h3-4,6H,5,7H2,1-2H3,(H,13,14)(H,15,19)(H,17,20). The summed E-state index contributed by atoms with van der Waals surface area (Å²) >= 11 is 0. The fourth-order valence-electron chi connectivity index (χ4n) is 1.77. The highest BCUT2D eigenvalue weighted by Crippen LogP contribution is 2.09. The average molecular weight is 276 g/mol. The van der Waals surface area contributed by atoms with E-state index in [4.69, 9.17) is 0 Å². The Morgan fingerprint density at radius 2 is 2.30 bits per heavy atom. The van der Waals surface area contributed by atoms with Crippen molar-refractivity contribution in [3.05, 3.63) is 40.2 Å². The number of hydrogen-bond acceptors (Lipinski definition) is 5. The lowest BCUT2D eigenvalue weighted by atomic mass is 10.2. The van der Waals surface area contributed by atoms with E-state index in [0.29, 0.717) is 30.2 Å². The number of anilines is 1. The predicted molar refractivity (Wildman–Crippen MR) is 73.6 cm³/mol. The highest BCUT2D eigenvalue weighted by molar-refractivity contribution is 5.98. The summed E-state index contributed by atoms with van der Waals surface area (Å²) in [4.78, 5) is 27.3. The lowest BCUT2D eigenvalue weighted by molar-refractivity contribution is 0.0954. The molecule has 8 heteroatoms. The van der Waals surface area contributed by atoms with E-state index in [1.54, 1.807) is 32.4 Å². The quantitative estimate of drug-likeness (QED) is 0.684. The smallest absolute Gasteiger partial charge is 0.343 e. The number of hydrogen-bond donors (Lipinski definition) is 3. The second-order valence-electron chi connectivity index (χ2n) is 4.16. The average Bonchev–Trinajstić information content (AvgIpc) is 2.79. The molecule has 0 aromatic carbocycles. The summed E-state index contributed by atoms with van der Waals surface area (Å²) in [7, 11) is 3.34. The van der Waals surface area contributed by atoms with Gasteiger partial charge in [-0.1, -0.05) is 0 Å². The SMILES string of the molecule is CNc1ncccc1C(=O)NCCc1n[nH]c(=O)n1C. The number of pyridine rings is 1. The van der Waals surface area contributed by atoms with Gasteiger partial charge in [0.05, 0.1) is 5.56 Å². The molecule has 0 spiro atoms. The van der Waals surface area contributed by atoms with Crippen molar-refractivity contribution < 1.29 is 4.79 Å². The van der Waals surface area contributed by atoms with Crippen LogP contribution in [0, 0.1) is 0 Å². The molecule has 8 nitrogen and oxygen atoms in total. The summed E-state index contributed by atoms with van der Waals surface area (Å²) in [6, 6.07) is 3.39. The molecule has 1 amide bonds. The molecule has 106 valence electrons. The number of aromatic nitrogens is 4. The molecule has 3 N–H and O–H groups in total. The Bertz CT molecular complexity index is 660. The van der Waals surface area contributed by atoms with Gasteiger partial charge in [-0.15, -0.1) is 0 Å². The van der Waals surface area contributed by atoms with Crippen LogP contribution in [-0.4, -0.2) is 39.2 Å². The third-order valence-electron chi connectivity index (χ3n) is 2.90. The molecule has 0 unspecified atom stereocenters. The number of rotatable bonds is 5. The van der Waals surface area contributed by atoms with Crippen LogP contribution in [0.5, 0.6) is 0 Å².